The van der Waals surface area contributed by atoms with Gasteiger partial charge >= 0.3 is 0 Å². The Kier molecular flexibility index (Phi) is 6.45. The molecule has 0 atom stereocenters. The first kappa shape index (κ1) is 18.8. The van der Waals surface area contributed by atoms with Crippen molar-refractivity contribution in [3.63, 3.8) is 0 Å². The molecule has 0 aliphatic rings. The molecule has 1 aromatic carbocycles. The average molecular weight is 367 g/mol. The minimum atomic E-state index is -3.66. The molecule has 3 nitrogen and oxygen atoms in total. The maximum absolute atomic E-state index is 12.8. The molecule has 0 amide bonds. The number of aryl methyl sites for hydroxylation is 1. The van der Waals surface area contributed by atoms with E-state index >= 15 is 0 Å². The van der Waals surface area contributed by atoms with E-state index in [2.05, 4.69) is 29.6 Å². The van der Waals surface area contributed by atoms with Gasteiger partial charge in [-0.2, -0.15) is 4.31 Å². The van der Waals surface area contributed by atoms with E-state index in [0.717, 1.165) is 16.0 Å². The lowest BCUT2D eigenvalue weighted by Crippen LogP contribution is -2.32. The zero-order valence-corrected chi connectivity index (χ0v) is 15.7. The van der Waals surface area contributed by atoms with Crippen LogP contribution in [0, 0.1) is 42.9 Å². The Morgan fingerprint density at radius 1 is 1.12 bits per heavy atom. The molecule has 0 saturated heterocycles. The lowest BCUT2D eigenvalue weighted by molar-refractivity contribution is 0.482. The maximum Gasteiger partial charge on any atom is 0.244 e. The summed E-state index contributed by atoms with van der Waals surface area (Å²) in [5.41, 5.74) is 1.74. The zero-order chi connectivity index (χ0) is 18.3. The van der Waals surface area contributed by atoms with Gasteiger partial charge in [-0.15, -0.1) is 23.7 Å². The number of sulfonamides is 1. The highest BCUT2D eigenvalue weighted by molar-refractivity contribution is 7.89. The van der Waals surface area contributed by atoms with E-state index in [0.29, 0.717) is 0 Å². The van der Waals surface area contributed by atoms with E-state index in [1.165, 1.54) is 15.6 Å². The second kappa shape index (κ2) is 8.56. The average Bonchev–Trinajstić information content (AvgIpc) is 3.05. The van der Waals surface area contributed by atoms with Crippen LogP contribution in [0.3, 0.4) is 0 Å². The molecule has 126 valence electrons. The van der Waals surface area contributed by atoms with E-state index in [4.69, 9.17) is 6.42 Å². The Labute approximate surface area is 153 Å². The summed E-state index contributed by atoms with van der Waals surface area (Å²) in [6, 6.07) is 8.57. The van der Waals surface area contributed by atoms with Crippen LogP contribution < -0.4 is 0 Å². The van der Waals surface area contributed by atoms with E-state index in [1.54, 1.807) is 31.2 Å². The van der Waals surface area contributed by atoms with Gasteiger partial charge in [0.05, 0.1) is 28.4 Å². The third-order valence-electron chi connectivity index (χ3n) is 3.37. The predicted octanol–water partition coefficient (Wildman–Crippen LogP) is 3.10. The summed E-state index contributed by atoms with van der Waals surface area (Å²) in [6.07, 6.45) is 5.42. The fourth-order valence-electron chi connectivity index (χ4n) is 1.99. The van der Waals surface area contributed by atoms with Crippen LogP contribution in [0.15, 0.2) is 40.6 Å². The van der Waals surface area contributed by atoms with Gasteiger partial charge in [0.25, 0.3) is 0 Å². The summed E-state index contributed by atoms with van der Waals surface area (Å²) in [6.45, 7) is 3.72. The van der Waals surface area contributed by atoms with Crippen molar-refractivity contribution in [1.29, 1.82) is 0 Å². The molecule has 0 bridgehead atoms. The Balaban J connectivity index is 2.28. The summed E-state index contributed by atoms with van der Waals surface area (Å²) in [7, 11) is -3.66. The van der Waals surface area contributed by atoms with Gasteiger partial charge in [-0.05, 0) is 37.4 Å². The van der Waals surface area contributed by atoms with Crippen LogP contribution in [0.1, 0.15) is 22.9 Å². The molecule has 1 aromatic heterocycles. The van der Waals surface area contributed by atoms with E-state index in [-0.39, 0.29) is 18.0 Å². The molecule has 1 heterocycles. The van der Waals surface area contributed by atoms with Crippen molar-refractivity contribution >= 4 is 21.4 Å². The molecule has 0 radical (unpaired) electrons. The van der Waals surface area contributed by atoms with Crippen LogP contribution in [0.25, 0.3) is 0 Å². The number of terminal acetylenes is 1. The van der Waals surface area contributed by atoms with Crippen molar-refractivity contribution in [2.45, 2.75) is 18.7 Å². The zero-order valence-electron chi connectivity index (χ0n) is 14.0. The SMILES string of the molecule is C#Cc1sccc1C#CCN(CC#CC)S(=O)(=O)c1ccc(C)cc1. The van der Waals surface area contributed by atoms with Crippen LogP contribution in [-0.2, 0) is 10.0 Å². The quantitative estimate of drug-likeness (QED) is 0.779. The van der Waals surface area contributed by atoms with Crippen molar-refractivity contribution in [1.82, 2.24) is 4.31 Å². The second-order valence-corrected chi connectivity index (χ2v) is 7.98. The molecule has 0 fully saturated rings. The molecule has 2 rings (SSSR count). The number of hydrogen-bond donors (Lipinski definition) is 0. The lowest BCUT2D eigenvalue weighted by Gasteiger charge is -2.17. The predicted molar refractivity (Wildman–Crippen MR) is 103 cm³/mol. The summed E-state index contributed by atoms with van der Waals surface area (Å²) < 4.78 is 26.9. The number of nitrogens with zero attached hydrogens (tertiary/aromatic N) is 1. The molecule has 0 saturated carbocycles. The molecule has 5 heteroatoms. The highest BCUT2D eigenvalue weighted by Gasteiger charge is 2.22. The number of hydrogen-bond acceptors (Lipinski definition) is 3. The van der Waals surface area contributed by atoms with Gasteiger partial charge in [0.1, 0.15) is 0 Å². The summed E-state index contributed by atoms with van der Waals surface area (Å²) in [5.74, 6) is 13.9. The summed E-state index contributed by atoms with van der Waals surface area (Å²) in [4.78, 5) is 0.978. The Bertz CT molecular complexity index is 1000. The molecule has 0 spiro atoms. The lowest BCUT2D eigenvalue weighted by atomic mass is 10.2. The molecule has 2 aromatic rings. The topological polar surface area (TPSA) is 37.4 Å². The largest absolute Gasteiger partial charge is 0.244 e. The minimum absolute atomic E-state index is 0.0464. The third kappa shape index (κ3) is 4.75. The molecule has 0 N–H and O–H groups in total. The minimum Gasteiger partial charge on any atom is -0.207 e. The van der Waals surface area contributed by atoms with Crippen molar-refractivity contribution < 1.29 is 8.42 Å². The molecule has 25 heavy (non-hydrogen) atoms. The van der Waals surface area contributed by atoms with Crippen LogP contribution in [0.2, 0.25) is 0 Å². The first-order valence-corrected chi connectivity index (χ1v) is 9.80. The second-order valence-electron chi connectivity index (χ2n) is 5.12. The highest BCUT2D eigenvalue weighted by atomic mass is 32.2. The van der Waals surface area contributed by atoms with Crippen LogP contribution in [0.5, 0.6) is 0 Å². The van der Waals surface area contributed by atoms with Crippen molar-refractivity contribution in [2.75, 3.05) is 13.1 Å². The number of rotatable bonds is 4. The van der Waals surface area contributed by atoms with Gasteiger partial charge in [0.2, 0.25) is 10.0 Å². The third-order valence-corrected chi connectivity index (χ3v) is 6.02. The van der Waals surface area contributed by atoms with Crippen LogP contribution >= 0.6 is 11.3 Å². The standard InChI is InChI=1S/C20H17NO2S2/c1-4-6-14-21(15-7-8-18-13-16-24-20(18)5-2)25(22,23)19-11-9-17(3)10-12-19/h2,9-13,16H,14-15H2,1,3H3. The fraction of sp³-hybridized carbons (Fsp3) is 0.200. The fourth-order valence-corrected chi connectivity index (χ4v) is 3.90. The molecule has 0 aliphatic carbocycles. The molecule has 0 unspecified atom stereocenters. The van der Waals surface area contributed by atoms with Gasteiger partial charge in [0.15, 0.2) is 0 Å². The van der Waals surface area contributed by atoms with Gasteiger partial charge in [-0.25, -0.2) is 8.42 Å². The van der Waals surface area contributed by atoms with Crippen molar-refractivity contribution in [3.05, 3.63) is 51.7 Å². The van der Waals surface area contributed by atoms with E-state index in [1.807, 2.05) is 18.4 Å². The monoisotopic (exact) mass is 367 g/mol. The van der Waals surface area contributed by atoms with Crippen LogP contribution in [0.4, 0.5) is 0 Å². The maximum atomic E-state index is 12.8. The Hall–Kier alpha value is -2.49. The van der Waals surface area contributed by atoms with Gasteiger partial charge < -0.3 is 0 Å². The molecular weight excluding hydrogens is 350 g/mol. The number of benzene rings is 1. The first-order chi connectivity index (χ1) is 12.0. The smallest absolute Gasteiger partial charge is 0.207 e. The van der Waals surface area contributed by atoms with Crippen molar-refractivity contribution in [3.8, 4) is 36.0 Å². The first-order valence-electron chi connectivity index (χ1n) is 7.48. The summed E-state index contributed by atoms with van der Waals surface area (Å²) >= 11 is 1.43. The molecular formula is C20H17NO2S2. The molecule has 0 aliphatic heterocycles. The van der Waals surface area contributed by atoms with Gasteiger partial charge in [-0.3, -0.25) is 0 Å². The number of thiophene rings is 1. The van der Waals surface area contributed by atoms with Crippen molar-refractivity contribution in [2.24, 2.45) is 0 Å². The van der Waals surface area contributed by atoms with Gasteiger partial charge in [-0.1, -0.05) is 41.4 Å². The van der Waals surface area contributed by atoms with Crippen LogP contribution in [-0.4, -0.2) is 25.8 Å². The Morgan fingerprint density at radius 3 is 2.44 bits per heavy atom. The van der Waals surface area contributed by atoms with Gasteiger partial charge in [0, 0.05) is 0 Å². The Morgan fingerprint density at radius 2 is 1.80 bits per heavy atom. The highest BCUT2D eigenvalue weighted by Crippen LogP contribution is 2.16. The van der Waals surface area contributed by atoms with E-state index < -0.39 is 10.0 Å². The normalized spacial score (nSPS) is 10.3. The summed E-state index contributed by atoms with van der Waals surface area (Å²) in [5, 5.41) is 1.86. The van der Waals surface area contributed by atoms with E-state index in [9.17, 15) is 8.42 Å².